The number of ether oxygens (including phenoxy) is 1. The van der Waals surface area contributed by atoms with Gasteiger partial charge in [0.1, 0.15) is 12.4 Å². The molecule has 1 atom stereocenters. The lowest BCUT2D eigenvalue weighted by atomic mass is 9.93. The third-order valence-electron chi connectivity index (χ3n) is 7.63. The second-order valence-electron chi connectivity index (χ2n) is 10.1. The van der Waals surface area contributed by atoms with E-state index in [0.29, 0.717) is 10.8 Å². The first kappa shape index (κ1) is 23.5. The predicted molar refractivity (Wildman–Crippen MR) is 143 cm³/mol. The monoisotopic (exact) mass is 502 g/mol. The van der Waals surface area contributed by atoms with Crippen molar-refractivity contribution in [1.29, 1.82) is 0 Å². The number of nitrogens with zero attached hydrogens (tertiary/aromatic N) is 4. The summed E-state index contributed by atoms with van der Waals surface area (Å²) in [4.78, 5) is 22.4. The molecule has 0 radical (unpaired) electrons. The van der Waals surface area contributed by atoms with Gasteiger partial charge in [-0.15, -0.1) is 0 Å². The second kappa shape index (κ2) is 10.2. The van der Waals surface area contributed by atoms with E-state index in [1.165, 1.54) is 49.2 Å². The smallest absolute Gasteiger partial charge is 0.258 e. The summed E-state index contributed by atoms with van der Waals surface area (Å²) in [6.07, 6.45) is 10.0. The summed E-state index contributed by atoms with van der Waals surface area (Å²) in [6.45, 7) is 6.16. The minimum Gasteiger partial charge on any atom is -0.487 e. The van der Waals surface area contributed by atoms with Gasteiger partial charge in [-0.3, -0.25) is 24.1 Å². The van der Waals surface area contributed by atoms with Crippen LogP contribution in [-0.4, -0.2) is 51.6 Å². The SMILES string of the molecule is O=c1cc(OCc2ccc(Cl)cn2)ccn1C1=Cc2ccc(CN3CCN4CCC[C@@H]4C3)cc2CC1. The third kappa shape index (κ3) is 5.12. The van der Waals surface area contributed by atoms with Gasteiger partial charge >= 0.3 is 0 Å². The predicted octanol–water partition coefficient (Wildman–Crippen LogP) is 4.70. The van der Waals surface area contributed by atoms with Gasteiger partial charge in [0.15, 0.2) is 0 Å². The molecule has 3 aromatic rings. The van der Waals surface area contributed by atoms with Crippen LogP contribution in [0.4, 0.5) is 0 Å². The number of rotatable bonds is 6. The summed E-state index contributed by atoms with van der Waals surface area (Å²) in [5.41, 5.74) is 5.67. The zero-order valence-corrected chi connectivity index (χ0v) is 21.2. The Morgan fingerprint density at radius 1 is 1.06 bits per heavy atom. The molecular formula is C29H31ClN4O2. The molecule has 6 rings (SSSR count). The van der Waals surface area contributed by atoms with Crippen molar-refractivity contribution in [2.45, 2.75) is 44.9 Å². The fourth-order valence-electron chi connectivity index (χ4n) is 5.71. The molecule has 0 unspecified atom stereocenters. The van der Waals surface area contributed by atoms with E-state index in [4.69, 9.17) is 16.3 Å². The molecule has 0 saturated carbocycles. The van der Waals surface area contributed by atoms with E-state index in [9.17, 15) is 4.79 Å². The number of piperazine rings is 1. The van der Waals surface area contributed by atoms with Crippen LogP contribution in [0.5, 0.6) is 5.75 Å². The number of pyridine rings is 2. The molecule has 0 bridgehead atoms. The molecule has 0 spiro atoms. The normalized spacial score (nSPS) is 20.0. The lowest BCUT2D eigenvalue weighted by Crippen LogP contribution is -2.49. The van der Waals surface area contributed by atoms with Gasteiger partial charge in [0.05, 0.1) is 10.7 Å². The van der Waals surface area contributed by atoms with E-state index in [2.05, 4.69) is 39.1 Å². The first-order chi connectivity index (χ1) is 17.6. The highest BCUT2D eigenvalue weighted by Crippen LogP contribution is 2.28. The van der Waals surface area contributed by atoms with Crippen molar-refractivity contribution in [2.24, 2.45) is 0 Å². The molecule has 2 aromatic heterocycles. The summed E-state index contributed by atoms with van der Waals surface area (Å²) in [6, 6.07) is 14.6. The Kier molecular flexibility index (Phi) is 6.65. The van der Waals surface area contributed by atoms with Crippen LogP contribution in [0.1, 0.15) is 41.6 Å². The Bertz CT molecular complexity index is 1330. The van der Waals surface area contributed by atoms with Crippen molar-refractivity contribution >= 4 is 23.4 Å². The Balaban J connectivity index is 1.12. The quantitative estimate of drug-likeness (QED) is 0.489. The molecule has 7 heteroatoms. The van der Waals surface area contributed by atoms with Crippen molar-refractivity contribution in [3.63, 3.8) is 0 Å². The molecule has 36 heavy (non-hydrogen) atoms. The number of hydrogen-bond donors (Lipinski definition) is 0. The molecule has 3 aliphatic rings. The van der Waals surface area contributed by atoms with Gasteiger partial charge in [-0.25, -0.2) is 0 Å². The van der Waals surface area contributed by atoms with Crippen LogP contribution < -0.4 is 10.3 Å². The zero-order chi connectivity index (χ0) is 24.5. The number of benzene rings is 1. The van der Waals surface area contributed by atoms with Crippen LogP contribution in [0.2, 0.25) is 5.02 Å². The number of aromatic nitrogens is 2. The average Bonchev–Trinajstić information content (AvgIpc) is 3.36. The summed E-state index contributed by atoms with van der Waals surface area (Å²) >= 11 is 5.88. The highest BCUT2D eigenvalue weighted by Gasteiger charge is 2.30. The maximum atomic E-state index is 12.9. The molecular weight excluding hydrogens is 472 g/mol. The zero-order valence-electron chi connectivity index (χ0n) is 20.4. The summed E-state index contributed by atoms with van der Waals surface area (Å²) < 4.78 is 7.49. The Morgan fingerprint density at radius 2 is 2.00 bits per heavy atom. The Labute approximate surface area is 216 Å². The van der Waals surface area contributed by atoms with Crippen molar-refractivity contribution in [3.8, 4) is 5.75 Å². The highest BCUT2D eigenvalue weighted by molar-refractivity contribution is 6.30. The fraction of sp³-hybridized carbons (Fsp3) is 0.379. The van der Waals surface area contributed by atoms with E-state index < -0.39 is 0 Å². The van der Waals surface area contributed by atoms with E-state index >= 15 is 0 Å². The topological polar surface area (TPSA) is 50.6 Å². The van der Waals surface area contributed by atoms with E-state index in [1.807, 2.05) is 12.1 Å². The van der Waals surface area contributed by atoms with E-state index in [-0.39, 0.29) is 12.2 Å². The number of hydrogen-bond acceptors (Lipinski definition) is 5. The van der Waals surface area contributed by atoms with Gasteiger partial charge in [0.25, 0.3) is 5.56 Å². The minimum atomic E-state index is -0.0889. The van der Waals surface area contributed by atoms with Crippen LogP contribution in [0.25, 0.3) is 11.8 Å². The molecule has 1 aromatic carbocycles. The van der Waals surface area contributed by atoms with Gasteiger partial charge in [0, 0.05) is 56.4 Å². The minimum absolute atomic E-state index is 0.0889. The van der Waals surface area contributed by atoms with Crippen LogP contribution in [0.15, 0.2) is 59.7 Å². The third-order valence-corrected chi connectivity index (χ3v) is 7.86. The van der Waals surface area contributed by atoms with Gasteiger partial charge in [-0.2, -0.15) is 0 Å². The molecule has 4 heterocycles. The average molecular weight is 503 g/mol. The van der Waals surface area contributed by atoms with Gasteiger partial charge in [-0.1, -0.05) is 29.8 Å². The molecule has 2 aliphatic heterocycles. The van der Waals surface area contributed by atoms with Crippen LogP contribution >= 0.6 is 11.6 Å². The first-order valence-electron chi connectivity index (χ1n) is 12.9. The van der Waals surface area contributed by atoms with Crippen molar-refractivity contribution in [1.82, 2.24) is 19.4 Å². The molecule has 6 nitrogen and oxygen atoms in total. The van der Waals surface area contributed by atoms with Crippen LogP contribution in [0.3, 0.4) is 0 Å². The van der Waals surface area contributed by atoms with Crippen molar-refractivity contribution < 1.29 is 4.74 Å². The molecule has 0 N–H and O–H groups in total. The fourth-order valence-corrected chi connectivity index (χ4v) is 5.83. The Hall–Kier alpha value is -2.93. The largest absolute Gasteiger partial charge is 0.487 e. The maximum Gasteiger partial charge on any atom is 0.258 e. The summed E-state index contributed by atoms with van der Waals surface area (Å²) in [5, 5.41) is 0.585. The summed E-state index contributed by atoms with van der Waals surface area (Å²) in [5.74, 6) is 0.535. The molecule has 186 valence electrons. The van der Waals surface area contributed by atoms with Crippen molar-refractivity contribution in [2.75, 3.05) is 26.2 Å². The lowest BCUT2D eigenvalue weighted by molar-refractivity contribution is 0.0993. The number of aryl methyl sites for hydroxylation is 1. The maximum absolute atomic E-state index is 12.9. The number of fused-ring (bicyclic) bond motifs is 2. The standard InChI is InChI=1S/C29H31ClN4O2/c30-24-6-7-25(31-17-24)20-36-28-9-11-34(29(35)16-28)26-8-5-22-14-21(3-4-23(22)15-26)18-32-12-13-33-10-1-2-27(33)19-32/h3-4,6-7,9,11,14-17,27H,1-2,5,8,10,12-13,18-20H2/t27-/m1/s1. The van der Waals surface area contributed by atoms with Crippen molar-refractivity contribution in [3.05, 3.63) is 92.6 Å². The van der Waals surface area contributed by atoms with Crippen LogP contribution in [-0.2, 0) is 19.6 Å². The van der Waals surface area contributed by atoms with E-state index in [0.717, 1.165) is 43.4 Å². The van der Waals surface area contributed by atoms with Gasteiger partial charge < -0.3 is 4.74 Å². The number of allylic oxidation sites excluding steroid dienone is 1. The molecule has 2 fully saturated rings. The summed E-state index contributed by atoms with van der Waals surface area (Å²) in [7, 11) is 0. The first-order valence-corrected chi connectivity index (χ1v) is 13.2. The molecule has 0 amide bonds. The molecule has 2 saturated heterocycles. The Morgan fingerprint density at radius 3 is 2.86 bits per heavy atom. The van der Waals surface area contributed by atoms with Gasteiger partial charge in [0.2, 0.25) is 0 Å². The number of halogens is 1. The van der Waals surface area contributed by atoms with E-state index in [1.54, 1.807) is 29.1 Å². The van der Waals surface area contributed by atoms with Crippen LogP contribution in [0, 0.1) is 0 Å². The molecule has 1 aliphatic carbocycles. The highest BCUT2D eigenvalue weighted by atomic mass is 35.5. The van der Waals surface area contributed by atoms with Gasteiger partial charge in [-0.05, 0) is 73.2 Å². The second-order valence-corrected chi connectivity index (χ2v) is 10.5. The lowest BCUT2D eigenvalue weighted by Gasteiger charge is -2.37.